The molecule has 0 aliphatic carbocycles. The molecular weight excluding hydrogens is 310 g/mol. The molecular formula is C14H4Cl4. The van der Waals surface area contributed by atoms with Crippen LogP contribution < -0.4 is 0 Å². The number of hydrogen-bond donors (Lipinski definition) is 0. The second-order valence-electron chi connectivity index (χ2n) is 3.82. The van der Waals surface area contributed by atoms with Gasteiger partial charge in [-0.2, -0.15) is 0 Å². The van der Waals surface area contributed by atoms with Crippen LogP contribution in [-0.2, 0) is 0 Å². The Labute approximate surface area is 124 Å². The smallest absolute Gasteiger partial charge is 0.0800 e. The highest BCUT2D eigenvalue weighted by Crippen LogP contribution is 2.43. The molecule has 0 aromatic heterocycles. The second kappa shape index (κ2) is 4.47. The van der Waals surface area contributed by atoms with E-state index in [1.807, 2.05) is 12.1 Å². The molecule has 0 unspecified atom stereocenters. The molecule has 3 aromatic carbocycles. The fraction of sp³-hybridized carbons (Fsp3) is 0. The topological polar surface area (TPSA) is 0 Å². The lowest BCUT2D eigenvalue weighted by atomic mass is 10.0. The molecule has 3 aromatic rings. The zero-order chi connectivity index (χ0) is 12.9. The fourth-order valence-electron chi connectivity index (χ4n) is 1.89. The third-order valence-corrected chi connectivity index (χ3v) is 4.60. The van der Waals surface area contributed by atoms with Gasteiger partial charge in [0, 0.05) is 10.8 Å². The molecule has 0 amide bonds. The summed E-state index contributed by atoms with van der Waals surface area (Å²) in [5.41, 5.74) is 0. The Morgan fingerprint density at radius 1 is 0.611 bits per heavy atom. The third kappa shape index (κ3) is 1.76. The average Bonchev–Trinajstić information content (AvgIpc) is 2.41. The lowest BCUT2D eigenvalue weighted by Crippen LogP contribution is -1.83. The molecule has 3 rings (SSSR count). The van der Waals surface area contributed by atoms with E-state index in [1.165, 1.54) is 0 Å². The molecule has 0 saturated carbocycles. The Hall–Kier alpha value is -0.660. The minimum atomic E-state index is 0.273. The van der Waals surface area contributed by atoms with Gasteiger partial charge in [0.25, 0.3) is 0 Å². The van der Waals surface area contributed by atoms with Gasteiger partial charge in [-0.15, -0.1) is 0 Å². The maximum atomic E-state index is 6.20. The first-order valence-corrected chi connectivity index (χ1v) is 6.58. The molecule has 0 fully saturated rings. The summed E-state index contributed by atoms with van der Waals surface area (Å²) >= 11 is 24.5. The lowest BCUT2D eigenvalue weighted by molar-refractivity contribution is 1.74. The molecule has 0 N–H and O–H groups in total. The van der Waals surface area contributed by atoms with Gasteiger partial charge >= 0.3 is 0 Å². The quantitative estimate of drug-likeness (QED) is 0.263. The lowest BCUT2D eigenvalue weighted by Gasteiger charge is -2.09. The van der Waals surface area contributed by atoms with Crippen molar-refractivity contribution in [2.45, 2.75) is 0 Å². The van der Waals surface area contributed by atoms with E-state index in [4.69, 9.17) is 46.4 Å². The van der Waals surface area contributed by atoms with Crippen LogP contribution >= 0.6 is 46.4 Å². The molecule has 0 nitrogen and oxygen atoms in total. The Morgan fingerprint density at radius 3 is 1.39 bits per heavy atom. The Kier molecular flexibility index (Phi) is 3.07. The molecule has 0 bridgehead atoms. The number of benzene rings is 3. The summed E-state index contributed by atoms with van der Waals surface area (Å²) in [7, 11) is 0. The van der Waals surface area contributed by atoms with Crippen LogP contribution in [0.5, 0.6) is 0 Å². The van der Waals surface area contributed by atoms with Crippen LogP contribution in [0.3, 0.4) is 0 Å². The van der Waals surface area contributed by atoms with E-state index in [0.717, 1.165) is 21.5 Å². The van der Waals surface area contributed by atoms with Gasteiger partial charge in [0.1, 0.15) is 0 Å². The van der Waals surface area contributed by atoms with Crippen molar-refractivity contribution in [1.29, 1.82) is 0 Å². The van der Waals surface area contributed by atoms with Crippen LogP contribution in [0.25, 0.3) is 21.5 Å². The van der Waals surface area contributed by atoms with Crippen molar-refractivity contribution in [3.8, 4) is 0 Å². The van der Waals surface area contributed by atoms with Crippen LogP contribution in [0, 0.1) is 12.1 Å². The minimum Gasteiger partial charge on any atom is -0.0820 e. The summed E-state index contributed by atoms with van der Waals surface area (Å²) in [5, 5.41) is 4.69. The van der Waals surface area contributed by atoms with Gasteiger partial charge in [0.05, 0.1) is 20.1 Å². The SMILES string of the molecule is Clc1c(Cl)c(Cl)c2cc3[c]cc[c]c3cc2c1Cl. The van der Waals surface area contributed by atoms with Crippen LogP contribution in [0.1, 0.15) is 0 Å². The number of fused-ring (bicyclic) bond motifs is 2. The second-order valence-corrected chi connectivity index (χ2v) is 5.33. The summed E-state index contributed by atoms with van der Waals surface area (Å²) in [6.45, 7) is 0. The highest BCUT2D eigenvalue weighted by atomic mass is 35.5. The molecule has 2 radical (unpaired) electrons. The van der Waals surface area contributed by atoms with Crippen LogP contribution in [-0.4, -0.2) is 0 Å². The standard InChI is InChI=1S/C14H4Cl4/c15-11-9-5-7-3-1-2-4-8(7)6-10(9)12(16)14(18)13(11)17/h1-2,5-6H. The molecule has 0 saturated heterocycles. The van der Waals surface area contributed by atoms with E-state index in [1.54, 1.807) is 12.1 Å². The predicted molar refractivity (Wildman–Crippen MR) is 79.2 cm³/mol. The van der Waals surface area contributed by atoms with Gasteiger partial charge in [-0.25, -0.2) is 0 Å². The third-order valence-electron chi connectivity index (χ3n) is 2.77. The Morgan fingerprint density at radius 2 is 1.00 bits per heavy atom. The zero-order valence-electron chi connectivity index (χ0n) is 8.82. The van der Waals surface area contributed by atoms with Crippen molar-refractivity contribution in [3.05, 3.63) is 56.5 Å². The van der Waals surface area contributed by atoms with E-state index in [-0.39, 0.29) is 10.0 Å². The number of hydrogen-bond acceptors (Lipinski definition) is 0. The van der Waals surface area contributed by atoms with Crippen molar-refractivity contribution in [1.82, 2.24) is 0 Å². The molecule has 4 heteroatoms. The monoisotopic (exact) mass is 312 g/mol. The summed E-state index contributed by atoms with van der Waals surface area (Å²) in [6, 6.07) is 13.6. The maximum absolute atomic E-state index is 6.20. The zero-order valence-corrected chi connectivity index (χ0v) is 11.8. The normalized spacial score (nSPS) is 11.3. The van der Waals surface area contributed by atoms with Gasteiger partial charge < -0.3 is 0 Å². The first-order chi connectivity index (χ1) is 8.59. The molecule has 0 atom stereocenters. The van der Waals surface area contributed by atoms with E-state index in [9.17, 15) is 0 Å². The summed E-state index contributed by atoms with van der Waals surface area (Å²) in [6.07, 6.45) is 0. The predicted octanol–water partition coefficient (Wildman–Crippen LogP) is 6.21. The highest BCUT2D eigenvalue weighted by Gasteiger charge is 2.15. The van der Waals surface area contributed by atoms with E-state index in [2.05, 4.69) is 12.1 Å². The van der Waals surface area contributed by atoms with Crippen molar-refractivity contribution < 1.29 is 0 Å². The van der Waals surface area contributed by atoms with Crippen molar-refractivity contribution in [2.75, 3.05) is 0 Å². The Balaban J connectivity index is 2.58. The van der Waals surface area contributed by atoms with E-state index < -0.39 is 0 Å². The maximum Gasteiger partial charge on any atom is 0.0800 e. The van der Waals surface area contributed by atoms with E-state index >= 15 is 0 Å². The summed E-state index contributed by atoms with van der Waals surface area (Å²) in [4.78, 5) is 0. The summed E-state index contributed by atoms with van der Waals surface area (Å²) < 4.78 is 0. The van der Waals surface area contributed by atoms with Crippen molar-refractivity contribution >= 4 is 67.9 Å². The summed E-state index contributed by atoms with van der Waals surface area (Å²) in [5.74, 6) is 0. The van der Waals surface area contributed by atoms with Gasteiger partial charge in [-0.1, -0.05) is 58.5 Å². The molecule has 0 aliphatic rings. The number of halogens is 4. The first-order valence-electron chi connectivity index (χ1n) is 5.07. The van der Waals surface area contributed by atoms with Crippen molar-refractivity contribution in [3.63, 3.8) is 0 Å². The van der Waals surface area contributed by atoms with Crippen LogP contribution in [0.2, 0.25) is 20.1 Å². The molecule has 18 heavy (non-hydrogen) atoms. The van der Waals surface area contributed by atoms with Gasteiger partial charge in [0.2, 0.25) is 0 Å². The molecule has 88 valence electrons. The fourth-order valence-corrected chi connectivity index (χ4v) is 2.88. The molecule has 0 heterocycles. The van der Waals surface area contributed by atoms with E-state index in [0.29, 0.717) is 10.0 Å². The van der Waals surface area contributed by atoms with Gasteiger partial charge in [-0.05, 0) is 35.0 Å². The van der Waals surface area contributed by atoms with Gasteiger partial charge in [-0.3, -0.25) is 0 Å². The Bertz CT molecular complexity index is 712. The van der Waals surface area contributed by atoms with Crippen LogP contribution in [0.15, 0.2) is 24.3 Å². The van der Waals surface area contributed by atoms with Crippen molar-refractivity contribution in [2.24, 2.45) is 0 Å². The van der Waals surface area contributed by atoms with Crippen LogP contribution in [0.4, 0.5) is 0 Å². The largest absolute Gasteiger partial charge is 0.0820 e. The minimum absolute atomic E-state index is 0.273. The first kappa shape index (κ1) is 12.4. The average molecular weight is 314 g/mol. The molecule has 0 spiro atoms. The highest BCUT2D eigenvalue weighted by molar-refractivity contribution is 6.55. The van der Waals surface area contributed by atoms with Gasteiger partial charge in [0.15, 0.2) is 0 Å². The number of rotatable bonds is 0. The molecule has 0 aliphatic heterocycles.